The van der Waals surface area contributed by atoms with Gasteiger partial charge in [-0.3, -0.25) is 9.59 Å². The van der Waals surface area contributed by atoms with Gasteiger partial charge >= 0.3 is 17.1 Å². The molecule has 3 rings (SSSR count). The predicted octanol–water partition coefficient (Wildman–Crippen LogP) is 3.19. The van der Waals surface area contributed by atoms with Crippen LogP contribution in [-0.2, 0) is 31.4 Å². The van der Waals surface area contributed by atoms with Crippen LogP contribution in [0.25, 0.3) is 0 Å². The molecule has 0 aromatic heterocycles. The molecule has 0 bridgehead atoms. The Bertz CT molecular complexity index is 499. The van der Waals surface area contributed by atoms with Gasteiger partial charge in [-0.1, -0.05) is 0 Å². The summed E-state index contributed by atoms with van der Waals surface area (Å²) in [5, 5.41) is 0. The third kappa shape index (κ3) is 5.60. The molecule has 0 aliphatic heterocycles. The first-order valence-electron chi connectivity index (χ1n) is 7.57. The molecule has 0 aromatic carbocycles. The quantitative estimate of drug-likeness (QED) is 0.571. The van der Waals surface area contributed by atoms with Crippen LogP contribution in [0, 0.1) is 63.7 Å². The Kier molecular flexibility index (Phi) is 9.01. The molecular formula is C20H20FeO3+2. The summed E-state index contributed by atoms with van der Waals surface area (Å²) in [5.74, 6) is 0.516. The first kappa shape index (κ1) is 21.2. The number of carbonyl (C=O) groups excluding carboxylic acids is 2. The van der Waals surface area contributed by atoms with Crippen molar-refractivity contribution in [3.8, 4) is 0 Å². The van der Waals surface area contributed by atoms with Gasteiger partial charge in [-0.25, -0.2) is 0 Å². The van der Waals surface area contributed by atoms with Crippen molar-refractivity contribution in [2.45, 2.75) is 26.9 Å². The molecule has 0 N–H and O–H groups in total. The van der Waals surface area contributed by atoms with Crippen molar-refractivity contribution in [3.63, 3.8) is 0 Å². The Morgan fingerprint density at radius 2 is 1.38 bits per heavy atom. The van der Waals surface area contributed by atoms with Crippen molar-refractivity contribution in [3.05, 3.63) is 86.7 Å². The SMILES string of the molecule is CC1=CC(=O)C([C]2[CH][CH][CH][CH]2)=C(OC(C)C)C1=O.[CH]1[CH][CH][CH][CH]1.[Fe+2]. The van der Waals surface area contributed by atoms with E-state index in [2.05, 4.69) is 0 Å². The maximum atomic E-state index is 12.1. The Balaban J connectivity index is 0.000000412. The molecule has 3 aliphatic rings. The van der Waals surface area contributed by atoms with E-state index in [1.165, 1.54) is 6.08 Å². The molecule has 0 aromatic rings. The Labute approximate surface area is 156 Å². The summed E-state index contributed by atoms with van der Waals surface area (Å²) in [4.78, 5) is 24.2. The summed E-state index contributed by atoms with van der Waals surface area (Å²) in [6.07, 6.45) is 18.5. The predicted molar refractivity (Wildman–Crippen MR) is 89.0 cm³/mol. The average Bonchev–Trinajstić information content (AvgIpc) is 3.19. The minimum atomic E-state index is -0.209. The fourth-order valence-corrected chi connectivity index (χ4v) is 2.22. The van der Waals surface area contributed by atoms with Gasteiger partial charge in [0.1, 0.15) is 0 Å². The van der Waals surface area contributed by atoms with Crippen molar-refractivity contribution >= 4 is 11.6 Å². The molecule has 10 radical (unpaired) electrons. The van der Waals surface area contributed by atoms with E-state index in [1.54, 1.807) is 19.8 Å². The molecular weight excluding hydrogens is 344 g/mol. The summed E-state index contributed by atoms with van der Waals surface area (Å²) in [7, 11) is 0. The third-order valence-electron chi connectivity index (χ3n) is 3.25. The molecule has 0 saturated heterocycles. The topological polar surface area (TPSA) is 43.4 Å². The van der Waals surface area contributed by atoms with Crippen LogP contribution in [0.4, 0.5) is 0 Å². The standard InChI is InChI=1S/C15H15O3.C5H5.Fe/c1-9(2)18-15-13(11-6-4-5-7-11)12(16)8-10(3)14(15)17;1-2-4-5-3-1;/h4-9H,1-3H3;1-5H;/q;;+2. The summed E-state index contributed by atoms with van der Waals surface area (Å²) < 4.78 is 5.55. The van der Waals surface area contributed by atoms with Crippen LogP contribution >= 0.6 is 0 Å². The van der Waals surface area contributed by atoms with E-state index in [0.29, 0.717) is 11.1 Å². The third-order valence-corrected chi connectivity index (χ3v) is 3.25. The second-order valence-electron chi connectivity index (χ2n) is 5.53. The Hall–Kier alpha value is -0.861. The Morgan fingerprint density at radius 1 is 0.875 bits per heavy atom. The zero-order valence-electron chi connectivity index (χ0n) is 13.9. The number of ether oxygens (including phenoxy) is 1. The van der Waals surface area contributed by atoms with Gasteiger partial charge in [-0.2, -0.15) is 0 Å². The van der Waals surface area contributed by atoms with E-state index in [9.17, 15) is 9.59 Å². The first-order valence-corrected chi connectivity index (χ1v) is 7.57. The summed E-state index contributed by atoms with van der Waals surface area (Å²) in [5.41, 5.74) is 0.787. The minimum absolute atomic E-state index is 0. The zero-order chi connectivity index (χ0) is 16.8. The number of hydrogen-bond donors (Lipinski definition) is 0. The van der Waals surface area contributed by atoms with E-state index < -0.39 is 0 Å². The molecule has 0 amide bonds. The van der Waals surface area contributed by atoms with Crippen molar-refractivity contribution in [2.24, 2.45) is 0 Å². The smallest absolute Gasteiger partial charge is 0.486 e. The maximum Gasteiger partial charge on any atom is 2.00 e. The van der Waals surface area contributed by atoms with Crippen molar-refractivity contribution < 1.29 is 31.4 Å². The zero-order valence-corrected chi connectivity index (χ0v) is 15.0. The van der Waals surface area contributed by atoms with Crippen molar-refractivity contribution in [1.82, 2.24) is 0 Å². The summed E-state index contributed by atoms with van der Waals surface area (Å²) >= 11 is 0. The number of ketones is 2. The van der Waals surface area contributed by atoms with Gasteiger partial charge in [-0.05, 0) is 84.6 Å². The minimum Gasteiger partial charge on any atom is -0.486 e. The van der Waals surface area contributed by atoms with E-state index >= 15 is 0 Å². The van der Waals surface area contributed by atoms with Gasteiger partial charge in [0.2, 0.25) is 5.78 Å². The normalized spacial score (nSPS) is 21.4. The van der Waals surface area contributed by atoms with Gasteiger partial charge in [0.15, 0.2) is 11.5 Å². The van der Waals surface area contributed by atoms with E-state index in [0.717, 1.165) is 5.92 Å². The number of Topliss-reactive ketones (excluding diaryl/α,β-unsaturated/α-hetero) is 1. The van der Waals surface area contributed by atoms with Crippen molar-refractivity contribution in [1.29, 1.82) is 0 Å². The van der Waals surface area contributed by atoms with Crippen molar-refractivity contribution in [2.75, 3.05) is 0 Å². The van der Waals surface area contributed by atoms with E-state index in [4.69, 9.17) is 4.74 Å². The molecule has 3 aliphatic carbocycles. The molecule has 0 unspecified atom stereocenters. The monoisotopic (exact) mass is 364 g/mol. The van der Waals surface area contributed by atoms with Crippen LogP contribution in [0.2, 0.25) is 0 Å². The molecule has 0 heterocycles. The van der Waals surface area contributed by atoms with Gasteiger partial charge < -0.3 is 4.74 Å². The molecule has 124 valence electrons. The van der Waals surface area contributed by atoms with Crippen LogP contribution < -0.4 is 0 Å². The molecule has 3 nitrogen and oxygen atoms in total. The van der Waals surface area contributed by atoms with Crippen LogP contribution in [0.3, 0.4) is 0 Å². The molecule has 2 fully saturated rings. The number of rotatable bonds is 3. The Morgan fingerprint density at radius 3 is 1.83 bits per heavy atom. The fraction of sp³-hybridized carbons (Fsp3) is 0.200. The van der Waals surface area contributed by atoms with Gasteiger partial charge in [0.05, 0.1) is 11.7 Å². The van der Waals surface area contributed by atoms with Crippen LogP contribution in [-0.4, -0.2) is 17.7 Å². The molecule has 0 spiro atoms. The molecule has 24 heavy (non-hydrogen) atoms. The second kappa shape index (κ2) is 10.2. The number of hydrogen-bond acceptors (Lipinski definition) is 3. The van der Waals surface area contributed by atoms with Crippen LogP contribution in [0.1, 0.15) is 20.8 Å². The van der Waals surface area contributed by atoms with Crippen LogP contribution in [0.5, 0.6) is 0 Å². The van der Waals surface area contributed by atoms with Gasteiger partial charge in [0.25, 0.3) is 0 Å². The average molecular weight is 364 g/mol. The van der Waals surface area contributed by atoms with Gasteiger partial charge in [-0.15, -0.1) is 0 Å². The molecule has 2 saturated carbocycles. The summed E-state index contributed by atoms with van der Waals surface area (Å²) in [6, 6.07) is 0. The van der Waals surface area contributed by atoms with Crippen LogP contribution in [0.15, 0.2) is 23.0 Å². The number of allylic oxidation sites excluding steroid dienone is 3. The van der Waals surface area contributed by atoms with E-state index in [-0.39, 0.29) is 40.5 Å². The largest absolute Gasteiger partial charge is 2.00 e. The fourth-order valence-electron chi connectivity index (χ4n) is 2.22. The second-order valence-corrected chi connectivity index (χ2v) is 5.53. The number of carbonyl (C=O) groups is 2. The molecule has 0 atom stereocenters. The molecule has 4 heteroatoms. The van der Waals surface area contributed by atoms with E-state index in [1.807, 2.05) is 58.8 Å². The first-order chi connectivity index (χ1) is 11.0. The van der Waals surface area contributed by atoms with Gasteiger partial charge in [0, 0.05) is 11.5 Å². The summed E-state index contributed by atoms with van der Waals surface area (Å²) in [6.45, 7) is 5.30. The maximum absolute atomic E-state index is 12.1.